The van der Waals surface area contributed by atoms with E-state index in [1.807, 2.05) is 32.0 Å². The average Bonchev–Trinajstić information content (AvgIpc) is 2.30. The van der Waals surface area contributed by atoms with Gasteiger partial charge in [-0.05, 0) is 32.0 Å². The summed E-state index contributed by atoms with van der Waals surface area (Å²) in [4.78, 5) is 26.6. The molecule has 1 aromatic rings. The molecule has 1 atom stereocenters. The maximum Gasteiger partial charge on any atom is 0.322 e. The molecule has 1 aromatic carbocycles. The van der Waals surface area contributed by atoms with E-state index in [0.29, 0.717) is 0 Å². The summed E-state index contributed by atoms with van der Waals surface area (Å²) in [5, 5.41) is 9.22. The van der Waals surface area contributed by atoms with Crippen LogP contribution in [0.1, 0.15) is 11.1 Å². The van der Waals surface area contributed by atoms with Crippen molar-refractivity contribution in [2.45, 2.75) is 19.9 Å². The predicted molar refractivity (Wildman–Crippen MR) is 72.3 cm³/mol. The second kappa shape index (κ2) is 5.01. The molecule has 1 fully saturated rings. The van der Waals surface area contributed by atoms with E-state index in [9.17, 15) is 14.7 Å². The number of piperazine rings is 1. The van der Waals surface area contributed by atoms with E-state index in [1.165, 1.54) is 0 Å². The molecule has 5 nitrogen and oxygen atoms in total. The minimum absolute atomic E-state index is 0.0580. The number of amides is 1. The van der Waals surface area contributed by atoms with Gasteiger partial charge in [0.1, 0.15) is 6.04 Å². The van der Waals surface area contributed by atoms with Crippen molar-refractivity contribution >= 4 is 17.6 Å². The molecule has 102 valence electrons. The van der Waals surface area contributed by atoms with Gasteiger partial charge in [0.2, 0.25) is 5.91 Å². The summed E-state index contributed by atoms with van der Waals surface area (Å²) in [6.45, 7) is 4.19. The highest BCUT2D eigenvalue weighted by Crippen LogP contribution is 2.27. The summed E-state index contributed by atoms with van der Waals surface area (Å²) < 4.78 is 0. The van der Waals surface area contributed by atoms with Crippen molar-refractivity contribution in [2.24, 2.45) is 0 Å². The third-order valence-electron chi connectivity index (χ3n) is 3.57. The number of nitrogens with zero attached hydrogens (tertiary/aromatic N) is 2. The van der Waals surface area contributed by atoms with Gasteiger partial charge in [-0.15, -0.1) is 0 Å². The summed E-state index contributed by atoms with van der Waals surface area (Å²) in [6, 6.07) is 5.15. The third kappa shape index (κ3) is 2.46. The Kier molecular flexibility index (Phi) is 3.57. The van der Waals surface area contributed by atoms with Crippen LogP contribution in [-0.2, 0) is 9.59 Å². The lowest BCUT2D eigenvalue weighted by atomic mass is 10.0. The fourth-order valence-electron chi connectivity index (χ4n) is 2.54. The van der Waals surface area contributed by atoms with Gasteiger partial charge in [0.05, 0.1) is 13.1 Å². The SMILES string of the molecule is Cc1cccc(C)c1N1CC(C(=O)O)N(C)CC1=O. The molecule has 0 radical (unpaired) electrons. The van der Waals surface area contributed by atoms with E-state index in [-0.39, 0.29) is 19.0 Å². The predicted octanol–water partition coefficient (Wildman–Crippen LogP) is 1.04. The first-order valence-electron chi connectivity index (χ1n) is 6.21. The van der Waals surface area contributed by atoms with Gasteiger partial charge in [-0.2, -0.15) is 0 Å². The van der Waals surface area contributed by atoms with Crippen molar-refractivity contribution < 1.29 is 14.7 Å². The van der Waals surface area contributed by atoms with E-state index < -0.39 is 12.0 Å². The topological polar surface area (TPSA) is 60.9 Å². The minimum Gasteiger partial charge on any atom is -0.480 e. The number of likely N-dealkylation sites (N-methyl/N-ethyl adjacent to an activating group) is 1. The summed E-state index contributed by atoms with van der Waals surface area (Å²) in [5.41, 5.74) is 2.82. The highest BCUT2D eigenvalue weighted by molar-refractivity contribution is 5.98. The zero-order valence-corrected chi connectivity index (χ0v) is 11.4. The summed E-state index contributed by atoms with van der Waals surface area (Å²) in [6.07, 6.45) is 0. The van der Waals surface area contributed by atoms with Crippen LogP contribution in [0.2, 0.25) is 0 Å². The Morgan fingerprint density at radius 3 is 2.42 bits per heavy atom. The average molecular weight is 262 g/mol. The lowest BCUT2D eigenvalue weighted by molar-refractivity contribution is -0.144. The van der Waals surface area contributed by atoms with Crippen LogP contribution >= 0.6 is 0 Å². The summed E-state index contributed by atoms with van der Waals surface area (Å²) >= 11 is 0. The van der Waals surface area contributed by atoms with Crippen molar-refractivity contribution in [3.63, 3.8) is 0 Å². The molecule has 1 amide bonds. The normalized spacial score (nSPS) is 20.7. The van der Waals surface area contributed by atoms with Gasteiger partial charge in [-0.25, -0.2) is 0 Å². The van der Waals surface area contributed by atoms with Gasteiger partial charge >= 0.3 is 5.97 Å². The highest BCUT2D eigenvalue weighted by atomic mass is 16.4. The van der Waals surface area contributed by atoms with Crippen LogP contribution in [0.5, 0.6) is 0 Å². The molecule has 1 heterocycles. The molecule has 1 aliphatic heterocycles. The number of rotatable bonds is 2. The molecule has 0 aliphatic carbocycles. The Labute approximate surface area is 112 Å². The molecule has 1 N–H and O–H groups in total. The maximum atomic E-state index is 12.2. The number of carbonyl (C=O) groups excluding carboxylic acids is 1. The molecule has 0 saturated carbocycles. The van der Waals surface area contributed by atoms with Gasteiger partial charge < -0.3 is 10.0 Å². The molecule has 0 aromatic heterocycles. The van der Waals surface area contributed by atoms with Crippen molar-refractivity contribution in [2.75, 3.05) is 25.0 Å². The number of aliphatic carboxylic acids is 1. The lowest BCUT2D eigenvalue weighted by Gasteiger charge is -2.38. The Balaban J connectivity index is 2.38. The van der Waals surface area contributed by atoms with Gasteiger partial charge in [0.25, 0.3) is 0 Å². The molecule has 1 saturated heterocycles. The van der Waals surface area contributed by atoms with Gasteiger partial charge in [0, 0.05) is 5.69 Å². The number of carboxylic acids is 1. The van der Waals surface area contributed by atoms with Crippen molar-refractivity contribution in [3.05, 3.63) is 29.3 Å². The van der Waals surface area contributed by atoms with Crippen molar-refractivity contribution in [3.8, 4) is 0 Å². The molecule has 19 heavy (non-hydrogen) atoms. The molecule has 1 aliphatic rings. The van der Waals surface area contributed by atoms with Crippen molar-refractivity contribution in [1.29, 1.82) is 0 Å². The zero-order chi connectivity index (χ0) is 14.2. The molecule has 2 rings (SSSR count). The molecule has 0 spiro atoms. The molecule has 1 unspecified atom stereocenters. The first kappa shape index (κ1) is 13.5. The monoisotopic (exact) mass is 262 g/mol. The fraction of sp³-hybridized carbons (Fsp3) is 0.429. The number of hydrogen-bond acceptors (Lipinski definition) is 3. The number of anilines is 1. The van der Waals surface area contributed by atoms with Crippen LogP contribution in [0.25, 0.3) is 0 Å². The largest absolute Gasteiger partial charge is 0.480 e. The highest BCUT2D eigenvalue weighted by Gasteiger charge is 2.35. The smallest absolute Gasteiger partial charge is 0.322 e. The Hall–Kier alpha value is -1.88. The summed E-state index contributed by atoms with van der Waals surface area (Å²) in [5.74, 6) is -0.955. The van der Waals surface area contributed by atoms with Crippen LogP contribution < -0.4 is 4.90 Å². The third-order valence-corrected chi connectivity index (χ3v) is 3.57. The van der Waals surface area contributed by atoms with Crippen molar-refractivity contribution in [1.82, 2.24) is 4.90 Å². The second-order valence-electron chi connectivity index (χ2n) is 5.01. The van der Waals surface area contributed by atoms with Crippen LogP contribution in [0.4, 0.5) is 5.69 Å². The first-order valence-corrected chi connectivity index (χ1v) is 6.21. The molecular weight excluding hydrogens is 244 g/mol. The quantitative estimate of drug-likeness (QED) is 0.865. The minimum atomic E-state index is -0.897. The Bertz CT molecular complexity index is 507. The number of hydrogen-bond donors (Lipinski definition) is 1. The van der Waals surface area contributed by atoms with E-state index >= 15 is 0 Å². The van der Waals surface area contributed by atoms with Crippen LogP contribution in [0.15, 0.2) is 18.2 Å². The molecule has 0 bridgehead atoms. The number of carboxylic acid groups (broad SMARTS) is 1. The number of para-hydroxylation sites is 1. The van der Waals surface area contributed by atoms with Gasteiger partial charge in [-0.3, -0.25) is 14.5 Å². The second-order valence-corrected chi connectivity index (χ2v) is 5.01. The zero-order valence-electron chi connectivity index (χ0n) is 11.4. The molecular formula is C14H18N2O3. The van der Waals surface area contributed by atoms with Crippen LogP contribution in [0.3, 0.4) is 0 Å². The lowest BCUT2D eigenvalue weighted by Crippen LogP contribution is -2.58. The number of benzene rings is 1. The van der Waals surface area contributed by atoms with E-state index in [0.717, 1.165) is 16.8 Å². The number of aryl methyl sites for hydroxylation is 2. The fourth-order valence-corrected chi connectivity index (χ4v) is 2.54. The number of carbonyl (C=O) groups is 2. The van der Waals surface area contributed by atoms with Crippen LogP contribution in [-0.4, -0.2) is 48.1 Å². The van der Waals surface area contributed by atoms with E-state index in [1.54, 1.807) is 16.8 Å². The van der Waals surface area contributed by atoms with E-state index in [4.69, 9.17) is 0 Å². The standard InChI is InChI=1S/C14H18N2O3/c1-9-5-4-6-10(2)13(9)16-7-11(14(18)19)15(3)8-12(16)17/h4-6,11H,7-8H2,1-3H3,(H,18,19). The summed E-state index contributed by atoms with van der Waals surface area (Å²) in [7, 11) is 1.67. The Morgan fingerprint density at radius 2 is 1.89 bits per heavy atom. The van der Waals surface area contributed by atoms with Crippen LogP contribution in [0, 0.1) is 13.8 Å². The van der Waals surface area contributed by atoms with E-state index in [2.05, 4.69) is 0 Å². The Morgan fingerprint density at radius 1 is 1.32 bits per heavy atom. The first-order chi connectivity index (χ1) is 8.91. The maximum absolute atomic E-state index is 12.2. The van der Waals surface area contributed by atoms with Gasteiger partial charge in [-0.1, -0.05) is 18.2 Å². The van der Waals surface area contributed by atoms with Gasteiger partial charge in [0.15, 0.2) is 0 Å². The molecule has 5 heteroatoms.